The monoisotopic (exact) mass is 329 g/mol. The van der Waals surface area contributed by atoms with Crippen LogP contribution in [0, 0.1) is 34.5 Å². The summed E-state index contributed by atoms with van der Waals surface area (Å²) >= 11 is 0. The Morgan fingerprint density at radius 1 is 1.12 bits per heavy atom. The third-order valence-corrected chi connectivity index (χ3v) is 8.55. The highest BCUT2D eigenvalue weighted by Crippen LogP contribution is 2.66. The fourth-order valence-corrected chi connectivity index (χ4v) is 7.23. The van der Waals surface area contributed by atoms with Crippen LogP contribution < -0.4 is 5.73 Å². The molecule has 0 aromatic rings. The number of nitrogens with two attached hydrogens (primary N) is 1. The van der Waals surface area contributed by atoms with Crippen molar-refractivity contribution in [3.05, 3.63) is 11.6 Å². The zero-order chi connectivity index (χ0) is 17.1. The highest BCUT2D eigenvalue weighted by molar-refractivity contribution is 5.91. The van der Waals surface area contributed by atoms with Crippen LogP contribution in [-0.2, 0) is 9.59 Å². The van der Waals surface area contributed by atoms with Gasteiger partial charge in [-0.05, 0) is 79.6 Å². The summed E-state index contributed by atoms with van der Waals surface area (Å²) < 4.78 is 0. The van der Waals surface area contributed by atoms with Crippen molar-refractivity contribution in [2.24, 2.45) is 40.2 Å². The molecule has 4 aliphatic carbocycles. The van der Waals surface area contributed by atoms with Gasteiger partial charge in [-0.1, -0.05) is 19.4 Å². The quantitative estimate of drug-likeness (QED) is 0.841. The Morgan fingerprint density at radius 2 is 1.92 bits per heavy atom. The summed E-state index contributed by atoms with van der Waals surface area (Å²) in [6, 6.07) is 0. The molecule has 6 atom stereocenters. The van der Waals surface area contributed by atoms with E-state index in [-0.39, 0.29) is 29.1 Å². The molecule has 0 amide bonds. The Kier molecular flexibility index (Phi) is 3.80. The molecule has 3 heteroatoms. The Labute approximate surface area is 145 Å². The van der Waals surface area contributed by atoms with Crippen molar-refractivity contribution < 1.29 is 9.59 Å². The van der Waals surface area contributed by atoms with E-state index >= 15 is 0 Å². The van der Waals surface area contributed by atoms with E-state index in [1.807, 2.05) is 6.08 Å². The van der Waals surface area contributed by atoms with E-state index in [1.165, 1.54) is 24.8 Å². The van der Waals surface area contributed by atoms with Gasteiger partial charge in [0.05, 0.1) is 6.54 Å². The number of carbonyl (C=O) groups excluding carboxylic acids is 2. The van der Waals surface area contributed by atoms with Gasteiger partial charge < -0.3 is 5.73 Å². The van der Waals surface area contributed by atoms with Crippen LogP contribution in [0.5, 0.6) is 0 Å². The largest absolute Gasteiger partial charge is 0.324 e. The molecule has 0 aromatic carbocycles. The Balaban J connectivity index is 1.65. The fourth-order valence-electron chi connectivity index (χ4n) is 7.23. The average molecular weight is 329 g/mol. The number of fused-ring (bicyclic) bond motifs is 5. The van der Waals surface area contributed by atoms with Gasteiger partial charge in [-0.25, -0.2) is 0 Å². The van der Waals surface area contributed by atoms with Crippen LogP contribution in [0.3, 0.4) is 0 Å². The van der Waals surface area contributed by atoms with Gasteiger partial charge in [0, 0.05) is 12.3 Å². The highest BCUT2D eigenvalue weighted by atomic mass is 16.1. The number of Topliss-reactive ketones (excluding diaryl/α,β-unsaturated/α-hetero) is 1. The molecule has 0 heterocycles. The molecule has 0 aromatic heterocycles. The van der Waals surface area contributed by atoms with Crippen LogP contribution in [0.2, 0.25) is 0 Å². The van der Waals surface area contributed by atoms with Crippen LogP contribution in [0.25, 0.3) is 0 Å². The molecule has 0 radical (unpaired) electrons. The topological polar surface area (TPSA) is 60.2 Å². The summed E-state index contributed by atoms with van der Waals surface area (Å²) in [5.41, 5.74) is 7.52. The van der Waals surface area contributed by atoms with E-state index in [4.69, 9.17) is 5.73 Å². The maximum atomic E-state index is 12.4. The lowest BCUT2D eigenvalue weighted by atomic mass is 9.46. The molecule has 3 fully saturated rings. The molecule has 24 heavy (non-hydrogen) atoms. The molecule has 0 bridgehead atoms. The van der Waals surface area contributed by atoms with Gasteiger partial charge in [0.15, 0.2) is 5.78 Å². The summed E-state index contributed by atoms with van der Waals surface area (Å²) in [7, 11) is 0. The molecule has 0 spiro atoms. The van der Waals surface area contributed by atoms with Gasteiger partial charge in [0.1, 0.15) is 5.78 Å². The van der Waals surface area contributed by atoms with E-state index in [0.29, 0.717) is 17.6 Å². The number of allylic oxidation sites excluding steroid dienone is 1. The Morgan fingerprint density at radius 3 is 2.67 bits per heavy atom. The highest BCUT2D eigenvalue weighted by Gasteiger charge is 2.59. The predicted molar refractivity (Wildman–Crippen MR) is 94.3 cm³/mol. The van der Waals surface area contributed by atoms with Crippen molar-refractivity contribution in [3.8, 4) is 0 Å². The van der Waals surface area contributed by atoms with E-state index in [0.717, 1.165) is 38.0 Å². The van der Waals surface area contributed by atoms with E-state index in [1.54, 1.807) is 0 Å². The van der Waals surface area contributed by atoms with Gasteiger partial charge in [-0.2, -0.15) is 0 Å². The molecule has 2 N–H and O–H groups in total. The maximum absolute atomic E-state index is 12.4. The molecule has 0 aliphatic heterocycles. The van der Waals surface area contributed by atoms with Gasteiger partial charge in [-0.15, -0.1) is 0 Å². The van der Waals surface area contributed by atoms with E-state index in [2.05, 4.69) is 13.8 Å². The van der Waals surface area contributed by atoms with Crippen LogP contribution in [-0.4, -0.2) is 18.1 Å². The molecule has 4 aliphatic rings. The van der Waals surface area contributed by atoms with Crippen LogP contribution in [0.15, 0.2) is 11.6 Å². The lowest BCUT2D eigenvalue weighted by molar-refractivity contribution is -0.129. The summed E-state index contributed by atoms with van der Waals surface area (Å²) in [5, 5.41) is 0. The van der Waals surface area contributed by atoms with Crippen molar-refractivity contribution >= 4 is 11.6 Å². The minimum Gasteiger partial charge on any atom is -0.324 e. The number of hydrogen-bond acceptors (Lipinski definition) is 3. The number of rotatable bonds is 2. The van der Waals surface area contributed by atoms with Crippen LogP contribution >= 0.6 is 0 Å². The van der Waals surface area contributed by atoms with Crippen molar-refractivity contribution in [3.63, 3.8) is 0 Å². The lowest BCUT2D eigenvalue weighted by Gasteiger charge is -2.58. The van der Waals surface area contributed by atoms with Crippen molar-refractivity contribution in [2.75, 3.05) is 6.54 Å². The SMILES string of the molecule is CC12CCC(=O)C=C1CCC1C2CC[C@@]2(C)C(C(=O)CN)CC[C@@H]12. The van der Waals surface area contributed by atoms with Crippen molar-refractivity contribution in [1.29, 1.82) is 0 Å². The summed E-state index contributed by atoms with van der Waals surface area (Å²) in [6.07, 6.45) is 10.6. The first-order chi connectivity index (χ1) is 11.4. The first-order valence-electron chi connectivity index (χ1n) is 9.87. The summed E-state index contributed by atoms with van der Waals surface area (Å²) in [4.78, 5) is 24.3. The normalized spacial score (nSPS) is 47.5. The molecule has 3 nitrogen and oxygen atoms in total. The van der Waals surface area contributed by atoms with E-state index in [9.17, 15) is 9.59 Å². The zero-order valence-corrected chi connectivity index (χ0v) is 15.1. The molecule has 3 saturated carbocycles. The summed E-state index contributed by atoms with van der Waals surface area (Å²) in [6.45, 7) is 4.99. The minimum absolute atomic E-state index is 0.166. The smallest absolute Gasteiger partial charge is 0.155 e. The second-order valence-electron chi connectivity index (χ2n) is 9.31. The fraction of sp³-hybridized carbons (Fsp3) is 0.810. The van der Waals surface area contributed by atoms with Crippen LogP contribution in [0.1, 0.15) is 65.2 Å². The molecular formula is C21H31NO2. The third-order valence-electron chi connectivity index (χ3n) is 8.55. The Hall–Kier alpha value is -0.960. The second-order valence-corrected chi connectivity index (χ2v) is 9.31. The molecule has 132 valence electrons. The Bertz CT molecular complexity index is 609. The zero-order valence-electron chi connectivity index (χ0n) is 15.1. The minimum atomic E-state index is 0.166. The van der Waals surface area contributed by atoms with Crippen LogP contribution in [0.4, 0.5) is 0 Å². The molecule has 0 saturated heterocycles. The lowest BCUT2D eigenvalue weighted by Crippen LogP contribution is -2.51. The second kappa shape index (κ2) is 5.52. The number of hydrogen-bond donors (Lipinski definition) is 1. The van der Waals surface area contributed by atoms with E-state index < -0.39 is 0 Å². The molecular weight excluding hydrogens is 298 g/mol. The first-order valence-corrected chi connectivity index (χ1v) is 9.87. The predicted octanol–water partition coefficient (Wildman–Crippen LogP) is 3.66. The maximum Gasteiger partial charge on any atom is 0.155 e. The third kappa shape index (κ3) is 2.13. The standard InChI is InChI=1S/C21H31NO2/c1-20-9-7-14(23)11-13(20)3-4-15-16-5-6-18(19(24)12-22)21(16,2)10-8-17(15)20/h11,15-18H,3-10,12,22H2,1-2H3/t15?,16-,17?,18?,20?,21+/m0/s1. The first kappa shape index (κ1) is 16.5. The molecule has 4 unspecified atom stereocenters. The van der Waals surface area contributed by atoms with Crippen molar-refractivity contribution in [2.45, 2.75) is 65.2 Å². The number of ketones is 2. The van der Waals surface area contributed by atoms with Gasteiger partial charge in [0.25, 0.3) is 0 Å². The molecule has 4 rings (SSSR count). The van der Waals surface area contributed by atoms with Gasteiger partial charge in [0.2, 0.25) is 0 Å². The van der Waals surface area contributed by atoms with Gasteiger partial charge in [-0.3, -0.25) is 9.59 Å². The average Bonchev–Trinajstić information content (AvgIpc) is 2.92. The summed E-state index contributed by atoms with van der Waals surface area (Å²) in [5.74, 6) is 2.91. The van der Waals surface area contributed by atoms with Crippen molar-refractivity contribution in [1.82, 2.24) is 0 Å². The number of carbonyl (C=O) groups is 2. The van der Waals surface area contributed by atoms with Gasteiger partial charge >= 0.3 is 0 Å².